The molecule has 0 radical (unpaired) electrons. The highest BCUT2D eigenvalue weighted by Gasteiger charge is 2.46. The standard InChI is InChI=1S/C24H31N3O2/c1-24(29)13-15-27(17-18-8-7-14-25-16-18)21(19-9-3-2-4-10-19)22(24)26-23(28)20-11-5-6-12-20/h2-4,7-10,14,16,20-22,29H,5-6,11-13,15,17H2,1H3,(H,26,28)/t21-,22-,24+/m0/s1. The number of benzene rings is 1. The van der Waals surface area contributed by atoms with Crippen LogP contribution in [0.3, 0.4) is 0 Å². The number of piperidine rings is 1. The van der Waals surface area contributed by atoms with E-state index in [0.29, 0.717) is 6.42 Å². The number of hydrogen-bond donors (Lipinski definition) is 2. The number of nitrogens with one attached hydrogen (secondary N) is 1. The number of carbonyl (C=O) groups is 1. The molecule has 2 aromatic rings. The number of hydrogen-bond acceptors (Lipinski definition) is 4. The number of amides is 1. The number of nitrogens with zero attached hydrogens (tertiary/aromatic N) is 2. The Labute approximate surface area is 173 Å². The zero-order valence-electron chi connectivity index (χ0n) is 17.1. The lowest BCUT2D eigenvalue weighted by atomic mass is 9.79. The highest BCUT2D eigenvalue weighted by Crippen LogP contribution is 2.38. The Balaban J connectivity index is 1.64. The molecule has 2 aliphatic rings. The van der Waals surface area contributed by atoms with Gasteiger partial charge in [0.1, 0.15) is 0 Å². The van der Waals surface area contributed by atoms with Crippen LogP contribution in [0.1, 0.15) is 56.2 Å². The Hall–Kier alpha value is -2.24. The SMILES string of the molecule is C[C@@]1(O)CCN(Cc2cccnc2)[C@@H](c2ccccc2)[C@@H]1NC(=O)C1CCCC1. The van der Waals surface area contributed by atoms with Crippen molar-refractivity contribution < 1.29 is 9.90 Å². The summed E-state index contributed by atoms with van der Waals surface area (Å²) in [5.41, 5.74) is 1.30. The van der Waals surface area contributed by atoms with E-state index in [0.717, 1.165) is 49.9 Å². The number of aromatic nitrogens is 1. The average molecular weight is 394 g/mol. The first kappa shape index (κ1) is 20.0. The van der Waals surface area contributed by atoms with Gasteiger partial charge in [-0.25, -0.2) is 0 Å². The minimum atomic E-state index is -0.958. The lowest BCUT2D eigenvalue weighted by molar-refractivity contribution is -0.132. The van der Waals surface area contributed by atoms with Crippen LogP contribution in [0.4, 0.5) is 0 Å². The number of aliphatic hydroxyl groups is 1. The third-order valence-electron chi connectivity index (χ3n) is 6.56. The molecule has 5 heteroatoms. The third-order valence-corrected chi connectivity index (χ3v) is 6.56. The molecule has 1 saturated carbocycles. The lowest BCUT2D eigenvalue weighted by Gasteiger charge is -2.49. The molecule has 1 aliphatic heterocycles. The van der Waals surface area contributed by atoms with Crippen molar-refractivity contribution in [2.45, 2.75) is 63.3 Å². The summed E-state index contributed by atoms with van der Waals surface area (Å²) in [5.74, 6) is 0.174. The fourth-order valence-corrected chi connectivity index (χ4v) is 4.87. The Kier molecular flexibility index (Phi) is 5.97. The molecule has 29 heavy (non-hydrogen) atoms. The van der Waals surface area contributed by atoms with Crippen LogP contribution in [0.15, 0.2) is 54.9 Å². The monoisotopic (exact) mass is 393 g/mol. The molecule has 4 rings (SSSR count). The van der Waals surface area contributed by atoms with Gasteiger partial charge in [-0.05, 0) is 43.4 Å². The van der Waals surface area contributed by atoms with Crippen LogP contribution < -0.4 is 5.32 Å². The summed E-state index contributed by atoms with van der Waals surface area (Å²) in [7, 11) is 0. The zero-order valence-corrected chi connectivity index (χ0v) is 17.1. The highest BCUT2D eigenvalue weighted by molar-refractivity contribution is 5.79. The summed E-state index contributed by atoms with van der Waals surface area (Å²) in [5, 5.41) is 14.6. The minimum Gasteiger partial charge on any atom is -0.388 e. The van der Waals surface area contributed by atoms with Crippen LogP contribution in [0, 0.1) is 5.92 Å². The summed E-state index contributed by atoms with van der Waals surface area (Å²) < 4.78 is 0. The molecule has 2 fully saturated rings. The van der Waals surface area contributed by atoms with Crippen molar-refractivity contribution >= 4 is 5.91 Å². The van der Waals surface area contributed by atoms with Crippen molar-refractivity contribution in [2.24, 2.45) is 5.92 Å². The average Bonchev–Trinajstić information content (AvgIpc) is 3.27. The summed E-state index contributed by atoms with van der Waals surface area (Å²) in [6, 6.07) is 13.8. The van der Waals surface area contributed by atoms with Crippen LogP contribution in [0.2, 0.25) is 0 Å². The second-order valence-electron chi connectivity index (χ2n) is 8.76. The largest absolute Gasteiger partial charge is 0.388 e. The van der Waals surface area contributed by atoms with E-state index in [1.54, 1.807) is 6.20 Å². The van der Waals surface area contributed by atoms with E-state index in [9.17, 15) is 9.90 Å². The van der Waals surface area contributed by atoms with Crippen LogP contribution in [0.5, 0.6) is 0 Å². The van der Waals surface area contributed by atoms with Gasteiger partial charge in [0.25, 0.3) is 0 Å². The quantitative estimate of drug-likeness (QED) is 0.817. The van der Waals surface area contributed by atoms with Crippen molar-refractivity contribution in [3.8, 4) is 0 Å². The van der Waals surface area contributed by atoms with E-state index in [4.69, 9.17) is 0 Å². The lowest BCUT2D eigenvalue weighted by Crippen LogP contribution is -2.62. The summed E-state index contributed by atoms with van der Waals surface area (Å²) in [6.07, 6.45) is 8.44. The topological polar surface area (TPSA) is 65.5 Å². The first-order chi connectivity index (χ1) is 14.0. The van der Waals surface area contributed by atoms with Crippen LogP contribution in [-0.4, -0.2) is 39.1 Å². The van der Waals surface area contributed by atoms with Crippen molar-refractivity contribution in [3.63, 3.8) is 0 Å². The first-order valence-corrected chi connectivity index (χ1v) is 10.8. The van der Waals surface area contributed by atoms with Crippen LogP contribution >= 0.6 is 0 Å². The predicted octanol–water partition coefficient (Wildman–Crippen LogP) is 3.45. The Morgan fingerprint density at radius 1 is 1.21 bits per heavy atom. The molecule has 0 bridgehead atoms. The van der Waals surface area contributed by atoms with Gasteiger partial charge in [-0.15, -0.1) is 0 Å². The van der Waals surface area contributed by atoms with Crippen molar-refractivity contribution in [1.29, 1.82) is 0 Å². The third kappa shape index (κ3) is 4.51. The normalized spacial score (nSPS) is 28.3. The fraction of sp³-hybridized carbons (Fsp3) is 0.500. The van der Waals surface area contributed by atoms with Crippen molar-refractivity contribution in [1.82, 2.24) is 15.2 Å². The van der Waals surface area contributed by atoms with Gasteiger partial charge >= 0.3 is 0 Å². The number of rotatable bonds is 5. The number of pyridine rings is 1. The maximum absolute atomic E-state index is 13.0. The van der Waals surface area contributed by atoms with Crippen molar-refractivity contribution in [3.05, 3.63) is 66.0 Å². The number of carbonyl (C=O) groups excluding carboxylic acids is 1. The molecule has 2 heterocycles. The van der Waals surface area contributed by atoms with Gasteiger partial charge in [0, 0.05) is 31.4 Å². The summed E-state index contributed by atoms with van der Waals surface area (Å²) >= 11 is 0. The van der Waals surface area contributed by atoms with Crippen LogP contribution in [0.25, 0.3) is 0 Å². The molecule has 154 valence electrons. The molecule has 1 aromatic heterocycles. The molecular formula is C24H31N3O2. The molecule has 1 saturated heterocycles. The van der Waals surface area contributed by atoms with Gasteiger partial charge in [-0.3, -0.25) is 14.7 Å². The zero-order chi connectivity index (χ0) is 20.3. The summed E-state index contributed by atoms with van der Waals surface area (Å²) in [4.78, 5) is 19.6. The fourth-order valence-electron chi connectivity index (χ4n) is 4.87. The summed E-state index contributed by atoms with van der Waals surface area (Å²) in [6.45, 7) is 3.36. The van der Waals surface area contributed by atoms with Gasteiger partial charge < -0.3 is 10.4 Å². The van der Waals surface area contributed by atoms with Gasteiger partial charge in [-0.1, -0.05) is 49.2 Å². The van der Waals surface area contributed by atoms with Gasteiger partial charge in [0.05, 0.1) is 17.7 Å². The van der Waals surface area contributed by atoms with Crippen molar-refractivity contribution in [2.75, 3.05) is 6.54 Å². The van der Waals surface area contributed by atoms with Gasteiger partial charge in [0.2, 0.25) is 5.91 Å². The number of likely N-dealkylation sites (tertiary alicyclic amines) is 1. The van der Waals surface area contributed by atoms with Crippen LogP contribution in [-0.2, 0) is 11.3 Å². The first-order valence-electron chi connectivity index (χ1n) is 10.8. The molecule has 5 nitrogen and oxygen atoms in total. The second-order valence-corrected chi connectivity index (χ2v) is 8.76. The second kappa shape index (κ2) is 8.64. The van der Waals surface area contributed by atoms with E-state index in [2.05, 4.69) is 33.4 Å². The van der Waals surface area contributed by atoms with E-state index < -0.39 is 5.60 Å². The van der Waals surface area contributed by atoms with E-state index in [1.807, 2.05) is 37.4 Å². The molecule has 3 atom stereocenters. The molecule has 1 amide bonds. The Bertz CT molecular complexity index is 803. The molecule has 0 spiro atoms. The van der Waals surface area contributed by atoms with Gasteiger partial charge in [-0.2, -0.15) is 0 Å². The predicted molar refractivity (Wildman–Crippen MR) is 113 cm³/mol. The van der Waals surface area contributed by atoms with E-state index in [1.165, 1.54) is 0 Å². The molecule has 0 unspecified atom stereocenters. The molecular weight excluding hydrogens is 362 g/mol. The molecule has 1 aliphatic carbocycles. The Morgan fingerprint density at radius 3 is 2.66 bits per heavy atom. The minimum absolute atomic E-state index is 0.0796. The van der Waals surface area contributed by atoms with Gasteiger partial charge in [0.15, 0.2) is 0 Å². The van der Waals surface area contributed by atoms with E-state index in [-0.39, 0.29) is 23.9 Å². The molecule has 1 aromatic carbocycles. The molecule has 2 N–H and O–H groups in total. The highest BCUT2D eigenvalue weighted by atomic mass is 16.3. The maximum atomic E-state index is 13.0. The van der Waals surface area contributed by atoms with E-state index >= 15 is 0 Å². The Morgan fingerprint density at radius 2 is 1.97 bits per heavy atom. The smallest absolute Gasteiger partial charge is 0.223 e. The maximum Gasteiger partial charge on any atom is 0.223 e.